The lowest BCUT2D eigenvalue weighted by molar-refractivity contribution is -0.205. The van der Waals surface area contributed by atoms with Crippen molar-refractivity contribution in [1.29, 1.82) is 0 Å². The van der Waals surface area contributed by atoms with Crippen LogP contribution in [-0.4, -0.2) is 125 Å². The summed E-state index contributed by atoms with van der Waals surface area (Å²) >= 11 is 5.19. The molecule has 11 atom stereocenters. The minimum atomic E-state index is -3.04. The summed E-state index contributed by atoms with van der Waals surface area (Å²) in [6, 6.07) is 0. The second-order valence-corrected chi connectivity index (χ2v) is 18.5. The lowest BCUT2D eigenvalue weighted by Crippen LogP contribution is -2.57. The number of hydrogen-bond donors (Lipinski definition) is 8. The van der Waals surface area contributed by atoms with Gasteiger partial charge in [-0.2, -0.15) is 0 Å². The predicted molar refractivity (Wildman–Crippen MR) is 172 cm³/mol. The minimum absolute atomic E-state index is 0.00577. The Labute approximate surface area is 272 Å². The molecule has 43 heavy (non-hydrogen) atoms. The van der Waals surface area contributed by atoms with E-state index in [1.165, 1.54) is 28.7 Å². The smallest absolute Gasteiger partial charge is 0.148 e. The van der Waals surface area contributed by atoms with Gasteiger partial charge in [0.15, 0.2) is 0 Å². The summed E-state index contributed by atoms with van der Waals surface area (Å²) in [5.41, 5.74) is 3.52. The Morgan fingerprint density at radius 2 is 1.07 bits per heavy atom. The topological polar surface area (TPSA) is 207 Å². The van der Waals surface area contributed by atoms with Gasteiger partial charge in [0.05, 0.1) is 26.1 Å². The molecule has 8 N–H and O–H groups in total. The van der Waals surface area contributed by atoms with Crippen molar-refractivity contribution in [3.8, 4) is 0 Å². The standard InChI is InChI=1S/C25H40O12S6/c1-10-13(7-39-41-24-22(32)20(30)18(28)16(5-26)36-24)11(2)15(9-43(34,38)35-4)12(3)14(10)8-40-42-25-23(33)21(31)19(29)17(6-27)37-25/h16-33H,5-9H2,1-4H3/t16?,17?,18-,19-,20-,21-,22?,23?,24-,25-,43?/m0/s1. The fourth-order valence-corrected chi connectivity index (χ4v) is 11.5. The highest BCUT2D eigenvalue weighted by Gasteiger charge is 2.45. The van der Waals surface area contributed by atoms with Gasteiger partial charge < -0.3 is 50.3 Å². The van der Waals surface area contributed by atoms with Gasteiger partial charge in [-0.15, -0.1) is 0 Å². The van der Waals surface area contributed by atoms with Gasteiger partial charge in [0, 0.05) is 22.7 Å². The zero-order valence-corrected chi connectivity index (χ0v) is 28.9. The number of aliphatic hydroxyl groups excluding tert-OH is 8. The van der Waals surface area contributed by atoms with Gasteiger partial charge in [-0.1, -0.05) is 43.2 Å². The highest BCUT2D eigenvalue weighted by atomic mass is 33.1. The first-order chi connectivity index (χ1) is 20.2. The molecular weight excluding hydrogens is 685 g/mol. The second kappa shape index (κ2) is 16.6. The Bertz CT molecular complexity index is 1120. The molecule has 18 heteroatoms. The molecule has 2 heterocycles. The third kappa shape index (κ3) is 8.92. The van der Waals surface area contributed by atoms with Crippen molar-refractivity contribution in [3.05, 3.63) is 33.4 Å². The van der Waals surface area contributed by atoms with E-state index in [1.807, 2.05) is 20.8 Å². The Balaban J connectivity index is 1.82. The highest BCUT2D eigenvalue weighted by molar-refractivity contribution is 8.76. The Morgan fingerprint density at radius 1 is 0.698 bits per heavy atom. The molecule has 2 fully saturated rings. The van der Waals surface area contributed by atoms with Gasteiger partial charge in [-0.25, -0.2) is 4.21 Å². The molecule has 0 bridgehead atoms. The quantitative estimate of drug-likeness (QED) is 0.124. The molecule has 0 amide bonds. The van der Waals surface area contributed by atoms with E-state index >= 15 is 0 Å². The van der Waals surface area contributed by atoms with Crippen molar-refractivity contribution in [3.63, 3.8) is 0 Å². The van der Waals surface area contributed by atoms with Crippen LogP contribution in [0, 0.1) is 20.8 Å². The number of aliphatic hydroxyl groups is 8. The van der Waals surface area contributed by atoms with Gasteiger partial charge in [0.2, 0.25) is 0 Å². The maximum atomic E-state index is 12.8. The summed E-state index contributed by atoms with van der Waals surface area (Å²) in [6.07, 6.45) is -10.6. The molecule has 12 nitrogen and oxygen atoms in total. The lowest BCUT2D eigenvalue weighted by atomic mass is 9.90. The summed E-state index contributed by atoms with van der Waals surface area (Å²) in [7, 11) is 3.27. The van der Waals surface area contributed by atoms with E-state index in [0.29, 0.717) is 11.5 Å². The van der Waals surface area contributed by atoms with E-state index in [4.69, 9.17) is 24.8 Å². The summed E-state index contributed by atoms with van der Waals surface area (Å²) in [6.45, 7) is 4.73. The van der Waals surface area contributed by atoms with Crippen LogP contribution in [0.25, 0.3) is 0 Å². The zero-order valence-electron chi connectivity index (χ0n) is 24.0. The Kier molecular flexibility index (Phi) is 14.7. The molecule has 0 radical (unpaired) electrons. The van der Waals surface area contributed by atoms with E-state index in [2.05, 4.69) is 0 Å². The number of benzene rings is 1. The lowest BCUT2D eigenvalue weighted by Gasteiger charge is -2.39. The van der Waals surface area contributed by atoms with Gasteiger partial charge in [0.25, 0.3) is 0 Å². The SMILES string of the molecule is COS(=O)(=S)Cc1c(C)c(CSS[C@@H]2OC(CO)[C@H](O)[C@H](O)C2O)c(C)c(CSS[C@@H]2OC(CO)[C@H](O)[C@H](O)C2O)c1C. The molecule has 2 saturated heterocycles. The van der Waals surface area contributed by atoms with Crippen LogP contribution in [-0.2, 0) is 50.9 Å². The van der Waals surface area contributed by atoms with Crippen molar-refractivity contribution < 1.29 is 58.7 Å². The maximum absolute atomic E-state index is 12.8. The first kappa shape index (κ1) is 38.0. The minimum Gasteiger partial charge on any atom is -0.394 e. The first-order valence-corrected chi connectivity index (χ1v) is 20.6. The first-order valence-electron chi connectivity index (χ1n) is 13.2. The molecule has 248 valence electrons. The number of rotatable bonds is 13. The maximum Gasteiger partial charge on any atom is 0.148 e. The van der Waals surface area contributed by atoms with Crippen molar-refractivity contribution in [2.45, 2.75) is 97.7 Å². The van der Waals surface area contributed by atoms with Gasteiger partial charge in [-0.05, 0) is 54.2 Å². The average Bonchev–Trinajstić information content (AvgIpc) is 2.98. The molecular formula is C25H40O12S6. The molecule has 0 saturated carbocycles. The molecule has 1 aromatic carbocycles. The molecule has 0 aliphatic carbocycles. The largest absolute Gasteiger partial charge is 0.394 e. The van der Waals surface area contributed by atoms with E-state index < -0.39 is 81.7 Å². The number of ether oxygens (including phenoxy) is 2. The number of hydrogen-bond acceptors (Lipinski definition) is 17. The van der Waals surface area contributed by atoms with Crippen LogP contribution < -0.4 is 0 Å². The molecule has 0 spiro atoms. The summed E-state index contributed by atoms with van der Waals surface area (Å²) < 4.78 is 29.1. The average molecular weight is 725 g/mol. The Morgan fingerprint density at radius 3 is 1.42 bits per heavy atom. The van der Waals surface area contributed by atoms with Gasteiger partial charge in [0.1, 0.15) is 68.5 Å². The van der Waals surface area contributed by atoms with Crippen LogP contribution in [0.15, 0.2) is 0 Å². The highest BCUT2D eigenvalue weighted by Crippen LogP contribution is 2.42. The van der Waals surface area contributed by atoms with Crippen LogP contribution in [0.4, 0.5) is 0 Å². The van der Waals surface area contributed by atoms with Crippen LogP contribution in [0.2, 0.25) is 0 Å². The monoisotopic (exact) mass is 724 g/mol. The van der Waals surface area contributed by atoms with Gasteiger partial charge >= 0.3 is 0 Å². The molecule has 1 aromatic rings. The van der Waals surface area contributed by atoms with E-state index in [9.17, 15) is 45.1 Å². The Hall–Kier alpha value is 0.550. The molecule has 5 unspecified atom stereocenters. The fourth-order valence-electron chi connectivity index (χ4n) is 4.89. The normalized spacial score (nSPS) is 34.7. The van der Waals surface area contributed by atoms with E-state index in [1.54, 1.807) is 0 Å². The van der Waals surface area contributed by atoms with Gasteiger partial charge in [-0.3, -0.25) is 4.18 Å². The predicted octanol–water partition coefficient (Wildman–Crippen LogP) is -0.218. The van der Waals surface area contributed by atoms with Crippen LogP contribution in [0.1, 0.15) is 33.4 Å². The van der Waals surface area contributed by atoms with Crippen LogP contribution in [0.3, 0.4) is 0 Å². The fraction of sp³-hybridized carbons (Fsp3) is 0.760. The van der Waals surface area contributed by atoms with E-state index in [-0.39, 0.29) is 5.75 Å². The van der Waals surface area contributed by atoms with Crippen molar-refractivity contribution in [2.24, 2.45) is 0 Å². The third-order valence-corrected chi connectivity index (χ3v) is 14.5. The second-order valence-electron chi connectivity index (χ2n) is 10.3. The summed E-state index contributed by atoms with van der Waals surface area (Å²) in [5.74, 6) is 0.854. The molecule has 2 aliphatic rings. The van der Waals surface area contributed by atoms with Crippen molar-refractivity contribution in [1.82, 2.24) is 0 Å². The van der Waals surface area contributed by atoms with Crippen LogP contribution >= 0.6 is 43.2 Å². The van der Waals surface area contributed by atoms with Crippen molar-refractivity contribution in [2.75, 3.05) is 20.3 Å². The molecule has 3 rings (SSSR count). The summed E-state index contributed by atoms with van der Waals surface area (Å²) in [5, 5.41) is 80.1. The van der Waals surface area contributed by atoms with E-state index in [0.717, 1.165) is 55.0 Å². The van der Waals surface area contributed by atoms with Crippen LogP contribution in [0.5, 0.6) is 0 Å². The van der Waals surface area contributed by atoms with Crippen molar-refractivity contribution >= 4 is 63.1 Å². The third-order valence-electron chi connectivity index (χ3n) is 7.72. The summed E-state index contributed by atoms with van der Waals surface area (Å²) in [4.78, 5) is 0. The molecule has 0 aromatic heterocycles. The zero-order chi connectivity index (χ0) is 32.2. The molecule has 2 aliphatic heterocycles.